The molecule has 29 heavy (non-hydrogen) atoms. The molecule has 0 aliphatic carbocycles. The number of hydrogen-bond acceptors (Lipinski definition) is 6. The molecular formula is C19H27F3N2O5. The molecule has 10 heteroatoms. The smallest absolute Gasteiger partial charge is 0.491 e. The molecule has 0 aromatic heterocycles. The van der Waals surface area contributed by atoms with Gasteiger partial charge in [0.05, 0.1) is 12.3 Å². The van der Waals surface area contributed by atoms with E-state index in [1.165, 1.54) is 13.2 Å². The molecule has 7 nitrogen and oxygen atoms in total. The second kappa shape index (κ2) is 11.0. The van der Waals surface area contributed by atoms with E-state index in [0.29, 0.717) is 18.8 Å². The Balaban J connectivity index is 2.96. The fraction of sp³-hybridized carbons (Fsp3) is 0.632. The lowest BCUT2D eigenvalue weighted by Gasteiger charge is -2.27. The molecule has 1 heterocycles. The molecule has 0 bridgehead atoms. The van der Waals surface area contributed by atoms with Gasteiger partial charge in [-0.15, -0.1) is 0 Å². The summed E-state index contributed by atoms with van der Waals surface area (Å²) < 4.78 is 46.6. The number of ether oxygens (including phenoxy) is 2. The van der Waals surface area contributed by atoms with Crippen molar-refractivity contribution in [2.24, 2.45) is 11.8 Å². The highest BCUT2D eigenvalue weighted by molar-refractivity contribution is 5.91. The van der Waals surface area contributed by atoms with Crippen LogP contribution in [0.25, 0.3) is 0 Å². The molecule has 1 amide bonds. The molecule has 1 saturated heterocycles. The van der Waals surface area contributed by atoms with E-state index in [-0.39, 0.29) is 30.7 Å². The van der Waals surface area contributed by atoms with E-state index in [1.807, 2.05) is 6.08 Å². The zero-order valence-electron chi connectivity index (χ0n) is 16.9. The standard InChI is InChI=1S/C19H27F3N2O5/c1-5-7-14-8-16(17(26)29-18(27)19(20,21)22)24(10-14)9-12(3)15(11-28-6-2)23-13(4)25/h5,7,11-12,14,16H,6,8-10H2,1-4H3,(H,23,25)/t12-,14?,16?/m0/s1. The van der Waals surface area contributed by atoms with Crippen LogP contribution in [0.3, 0.4) is 0 Å². The lowest BCUT2D eigenvalue weighted by atomic mass is 10.1. The predicted molar refractivity (Wildman–Crippen MR) is 98.1 cm³/mol. The van der Waals surface area contributed by atoms with Crippen LogP contribution in [0.15, 0.2) is 24.1 Å². The number of allylic oxidation sites excluding steroid dienone is 1. The number of carbonyl (C=O) groups excluding carboxylic acids is 3. The van der Waals surface area contributed by atoms with Gasteiger partial charge in [-0.3, -0.25) is 9.69 Å². The van der Waals surface area contributed by atoms with E-state index in [9.17, 15) is 27.6 Å². The Hall–Kier alpha value is -2.36. The molecule has 2 unspecified atom stereocenters. The van der Waals surface area contributed by atoms with Crippen LogP contribution in [-0.2, 0) is 23.9 Å². The first-order valence-corrected chi connectivity index (χ1v) is 9.28. The molecule has 0 radical (unpaired) electrons. The molecule has 0 aromatic carbocycles. The van der Waals surface area contributed by atoms with Crippen molar-refractivity contribution >= 4 is 17.8 Å². The van der Waals surface area contributed by atoms with E-state index < -0.39 is 24.2 Å². The van der Waals surface area contributed by atoms with Gasteiger partial charge >= 0.3 is 18.1 Å². The van der Waals surface area contributed by atoms with E-state index in [4.69, 9.17) is 4.74 Å². The molecule has 164 valence electrons. The molecular weight excluding hydrogens is 393 g/mol. The number of rotatable bonds is 8. The highest BCUT2D eigenvalue weighted by Crippen LogP contribution is 2.28. The van der Waals surface area contributed by atoms with Crippen molar-refractivity contribution in [2.75, 3.05) is 19.7 Å². The Morgan fingerprint density at radius 2 is 1.97 bits per heavy atom. The summed E-state index contributed by atoms with van der Waals surface area (Å²) in [6.45, 7) is 7.73. The van der Waals surface area contributed by atoms with Crippen LogP contribution in [0.4, 0.5) is 13.2 Å². The molecule has 0 aromatic rings. The molecule has 1 N–H and O–H groups in total. The summed E-state index contributed by atoms with van der Waals surface area (Å²) in [6.07, 6.45) is 0.0333. The maximum Gasteiger partial charge on any atom is 0.491 e. The predicted octanol–water partition coefficient (Wildman–Crippen LogP) is 2.54. The van der Waals surface area contributed by atoms with Crippen LogP contribution in [0, 0.1) is 11.8 Å². The van der Waals surface area contributed by atoms with Crippen molar-refractivity contribution in [1.82, 2.24) is 10.2 Å². The van der Waals surface area contributed by atoms with Crippen LogP contribution in [0.5, 0.6) is 0 Å². The highest BCUT2D eigenvalue weighted by Gasteiger charge is 2.45. The minimum atomic E-state index is -5.24. The number of amides is 1. The maximum atomic E-state index is 12.4. The van der Waals surface area contributed by atoms with Gasteiger partial charge in [0, 0.05) is 25.9 Å². The average Bonchev–Trinajstić information content (AvgIpc) is 3.00. The number of carbonyl (C=O) groups is 3. The lowest BCUT2D eigenvalue weighted by Crippen LogP contribution is -2.43. The molecule has 0 spiro atoms. The second-order valence-corrected chi connectivity index (χ2v) is 6.81. The number of hydrogen-bond donors (Lipinski definition) is 1. The Bertz CT molecular complexity index is 661. The van der Waals surface area contributed by atoms with Crippen LogP contribution < -0.4 is 5.32 Å². The van der Waals surface area contributed by atoms with E-state index >= 15 is 0 Å². The topological polar surface area (TPSA) is 84.9 Å². The van der Waals surface area contributed by atoms with Crippen molar-refractivity contribution in [1.29, 1.82) is 0 Å². The third kappa shape index (κ3) is 7.88. The number of nitrogens with one attached hydrogen (secondary N) is 1. The van der Waals surface area contributed by atoms with E-state index in [0.717, 1.165) is 0 Å². The number of alkyl halides is 3. The van der Waals surface area contributed by atoms with Gasteiger partial charge in [-0.1, -0.05) is 19.1 Å². The minimum absolute atomic E-state index is 0.0779. The van der Waals surface area contributed by atoms with Crippen LogP contribution >= 0.6 is 0 Å². The summed E-state index contributed by atoms with van der Waals surface area (Å²) in [5.41, 5.74) is 0.479. The van der Waals surface area contributed by atoms with Crippen LogP contribution in [0.2, 0.25) is 0 Å². The molecule has 1 aliphatic rings. The summed E-state index contributed by atoms with van der Waals surface area (Å²) in [6, 6.07) is -1.00. The molecule has 1 aliphatic heterocycles. The van der Waals surface area contributed by atoms with Gasteiger partial charge in [-0.25, -0.2) is 9.59 Å². The first kappa shape index (κ1) is 24.7. The molecule has 0 saturated carbocycles. The minimum Gasteiger partial charge on any atom is -0.500 e. The van der Waals surface area contributed by atoms with Gasteiger partial charge in [-0.05, 0) is 26.2 Å². The SMILES string of the molecule is CC=CC1CC(C(=O)OC(=O)C(F)(F)F)N(C[C@H](C)C(=COCC)NC(C)=O)C1. The van der Waals surface area contributed by atoms with Crippen molar-refractivity contribution in [3.05, 3.63) is 24.1 Å². The van der Waals surface area contributed by atoms with E-state index in [2.05, 4.69) is 10.1 Å². The molecule has 1 fully saturated rings. The third-order valence-corrected chi connectivity index (χ3v) is 4.33. The van der Waals surface area contributed by atoms with Gasteiger partial charge in [0.1, 0.15) is 12.3 Å². The van der Waals surface area contributed by atoms with Crippen LogP contribution in [-0.4, -0.2) is 54.7 Å². The van der Waals surface area contributed by atoms with Crippen molar-refractivity contribution in [3.63, 3.8) is 0 Å². The Morgan fingerprint density at radius 1 is 1.31 bits per heavy atom. The zero-order valence-corrected chi connectivity index (χ0v) is 16.9. The number of likely N-dealkylation sites (tertiary alicyclic amines) is 1. The van der Waals surface area contributed by atoms with Crippen molar-refractivity contribution in [3.8, 4) is 0 Å². The normalized spacial score (nSPS) is 21.8. The zero-order chi connectivity index (χ0) is 22.2. The molecule has 1 rings (SSSR count). The Morgan fingerprint density at radius 3 is 2.48 bits per heavy atom. The van der Waals surface area contributed by atoms with E-state index in [1.54, 1.807) is 31.7 Å². The quantitative estimate of drug-likeness (QED) is 0.281. The third-order valence-electron chi connectivity index (χ3n) is 4.33. The van der Waals surface area contributed by atoms with Gasteiger partial charge < -0.3 is 14.8 Å². The lowest BCUT2D eigenvalue weighted by molar-refractivity contribution is -0.203. The summed E-state index contributed by atoms with van der Waals surface area (Å²) in [7, 11) is 0. The van der Waals surface area contributed by atoms with Crippen molar-refractivity contribution < 1.29 is 37.0 Å². The Labute approximate surface area is 167 Å². The van der Waals surface area contributed by atoms with Gasteiger partial charge in [0.2, 0.25) is 5.91 Å². The summed E-state index contributed by atoms with van der Waals surface area (Å²) >= 11 is 0. The summed E-state index contributed by atoms with van der Waals surface area (Å²) in [5, 5.41) is 2.66. The number of halogens is 3. The first-order chi connectivity index (χ1) is 13.5. The van der Waals surface area contributed by atoms with Gasteiger partial charge in [0.25, 0.3) is 0 Å². The maximum absolute atomic E-state index is 12.4. The highest BCUT2D eigenvalue weighted by atomic mass is 19.4. The van der Waals surface area contributed by atoms with Crippen LogP contribution in [0.1, 0.15) is 34.1 Å². The monoisotopic (exact) mass is 420 g/mol. The second-order valence-electron chi connectivity index (χ2n) is 6.81. The largest absolute Gasteiger partial charge is 0.500 e. The number of nitrogens with zero attached hydrogens (tertiary/aromatic N) is 1. The first-order valence-electron chi connectivity index (χ1n) is 9.28. The average molecular weight is 420 g/mol. The number of esters is 2. The summed E-state index contributed by atoms with van der Waals surface area (Å²) in [4.78, 5) is 36.4. The summed E-state index contributed by atoms with van der Waals surface area (Å²) in [5.74, 6) is -4.45. The Kier molecular flexibility index (Phi) is 9.35. The fourth-order valence-corrected chi connectivity index (χ4v) is 3.11. The molecule has 3 atom stereocenters. The van der Waals surface area contributed by atoms with Gasteiger partial charge in [0.15, 0.2) is 0 Å². The fourth-order valence-electron chi connectivity index (χ4n) is 3.11. The van der Waals surface area contributed by atoms with Crippen molar-refractivity contribution in [2.45, 2.75) is 46.3 Å². The van der Waals surface area contributed by atoms with Gasteiger partial charge in [-0.2, -0.15) is 13.2 Å².